The first kappa shape index (κ1) is 46.1. The van der Waals surface area contributed by atoms with Gasteiger partial charge in [0.05, 0.1) is 0 Å². The minimum absolute atomic E-state index is 0.0509. The Bertz CT molecular complexity index is 772. The third-order valence-electron chi connectivity index (χ3n) is 9.31. The zero-order valence-corrected chi connectivity index (χ0v) is 31.6. The van der Waals surface area contributed by atoms with Crippen LogP contribution >= 0.6 is 0 Å². The van der Waals surface area contributed by atoms with Crippen LogP contribution in [0.5, 0.6) is 0 Å². The molecular weight excluding hydrogens is 600 g/mol. The van der Waals surface area contributed by atoms with Crippen LogP contribution in [0.1, 0.15) is 213 Å². The lowest BCUT2D eigenvalue weighted by molar-refractivity contribution is -0.150. The number of hydrogen-bond donors (Lipinski definition) is 3. The monoisotopic (exact) mass is 679 g/mol. The number of ether oxygens (including phenoxy) is 1. The van der Waals surface area contributed by atoms with E-state index in [9.17, 15) is 19.5 Å². The van der Waals surface area contributed by atoms with Crippen molar-refractivity contribution in [1.29, 1.82) is 0 Å². The Labute approximate surface area is 296 Å². The van der Waals surface area contributed by atoms with Crippen LogP contribution in [-0.4, -0.2) is 41.6 Å². The summed E-state index contributed by atoms with van der Waals surface area (Å²) in [7, 11) is 0. The summed E-state index contributed by atoms with van der Waals surface area (Å²) in [5.74, 6) is -1.33. The molecule has 0 spiro atoms. The van der Waals surface area contributed by atoms with Crippen molar-refractivity contribution < 1.29 is 24.2 Å². The van der Waals surface area contributed by atoms with Gasteiger partial charge in [-0.1, -0.05) is 142 Å². The Morgan fingerprint density at radius 1 is 0.583 bits per heavy atom. The van der Waals surface area contributed by atoms with Crippen LogP contribution in [0.15, 0.2) is 12.2 Å². The number of carbonyl (C=O) groups is 3. The second-order valence-electron chi connectivity index (χ2n) is 14.1. The Morgan fingerprint density at radius 3 is 1.56 bits per heavy atom. The van der Waals surface area contributed by atoms with Crippen molar-refractivity contribution in [3.63, 3.8) is 0 Å². The number of nitrogens with two attached hydrogens (primary N) is 1. The molecule has 0 saturated heterocycles. The van der Waals surface area contributed by atoms with Gasteiger partial charge in [-0.2, -0.15) is 0 Å². The van der Waals surface area contributed by atoms with Crippen LogP contribution in [-0.2, 0) is 19.1 Å². The topological polar surface area (TPSA) is 119 Å². The third-order valence-corrected chi connectivity index (χ3v) is 9.31. The number of carboxylic acids is 1. The lowest BCUT2D eigenvalue weighted by atomic mass is 10.0. The quantitative estimate of drug-likeness (QED) is 0.0342. The van der Waals surface area contributed by atoms with E-state index in [2.05, 4.69) is 31.3 Å². The van der Waals surface area contributed by atoms with Crippen LogP contribution in [0.25, 0.3) is 0 Å². The molecule has 0 radical (unpaired) electrons. The molecule has 0 aromatic rings. The van der Waals surface area contributed by atoms with Crippen molar-refractivity contribution in [2.24, 2.45) is 5.73 Å². The molecule has 0 aliphatic rings. The van der Waals surface area contributed by atoms with Crippen LogP contribution in [0, 0.1) is 0 Å². The number of aliphatic carboxylic acids is 1. The molecule has 7 nitrogen and oxygen atoms in total. The number of hydrogen-bond acceptors (Lipinski definition) is 5. The first-order chi connectivity index (χ1) is 23.4. The highest BCUT2D eigenvalue weighted by Gasteiger charge is 2.19. The largest absolute Gasteiger partial charge is 0.480 e. The molecule has 282 valence electrons. The summed E-state index contributed by atoms with van der Waals surface area (Å²) in [5, 5.41) is 11.8. The second kappa shape index (κ2) is 36.4. The van der Waals surface area contributed by atoms with Gasteiger partial charge in [0.2, 0.25) is 5.91 Å². The Balaban J connectivity index is 3.64. The number of rotatable bonds is 37. The molecular formula is C41H78N2O5. The summed E-state index contributed by atoms with van der Waals surface area (Å²) >= 11 is 0. The van der Waals surface area contributed by atoms with E-state index in [0.717, 1.165) is 44.9 Å². The van der Waals surface area contributed by atoms with Gasteiger partial charge in [-0.25, -0.2) is 4.79 Å². The molecule has 2 atom stereocenters. The molecule has 0 fully saturated rings. The van der Waals surface area contributed by atoms with Crippen LogP contribution in [0.3, 0.4) is 0 Å². The average Bonchev–Trinajstić information content (AvgIpc) is 3.06. The first-order valence-corrected chi connectivity index (χ1v) is 20.5. The minimum Gasteiger partial charge on any atom is -0.480 e. The van der Waals surface area contributed by atoms with E-state index in [4.69, 9.17) is 10.5 Å². The molecule has 0 aliphatic heterocycles. The van der Waals surface area contributed by atoms with E-state index in [1.165, 1.54) is 122 Å². The summed E-state index contributed by atoms with van der Waals surface area (Å²) in [6, 6.07) is -0.869. The molecule has 0 rings (SSSR count). The van der Waals surface area contributed by atoms with E-state index in [1.807, 2.05) is 0 Å². The highest BCUT2D eigenvalue weighted by Crippen LogP contribution is 2.17. The van der Waals surface area contributed by atoms with Gasteiger partial charge in [-0.15, -0.1) is 0 Å². The van der Waals surface area contributed by atoms with E-state index in [0.29, 0.717) is 38.6 Å². The summed E-state index contributed by atoms with van der Waals surface area (Å²) in [6.07, 6.45) is 39.2. The number of esters is 1. The number of unbranched alkanes of at least 4 members (excludes halogenated alkanes) is 21. The SMILES string of the molecule is CCCCCCCCCC/C=C\CCCCCCCCCCCCCC(=O)OC(CCC)CCCCCC(=O)NC(CCCN)C(=O)O. The zero-order valence-electron chi connectivity index (χ0n) is 31.6. The smallest absolute Gasteiger partial charge is 0.326 e. The highest BCUT2D eigenvalue weighted by molar-refractivity contribution is 5.83. The first-order valence-electron chi connectivity index (χ1n) is 20.5. The van der Waals surface area contributed by atoms with Crippen molar-refractivity contribution in [3.8, 4) is 0 Å². The maximum absolute atomic E-state index is 12.4. The number of carbonyl (C=O) groups excluding carboxylic acids is 2. The second-order valence-corrected chi connectivity index (χ2v) is 14.1. The Kier molecular flexibility index (Phi) is 35.0. The maximum atomic E-state index is 12.4. The summed E-state index contributed by atoms with van der Waals surface area (Å²) < 4.78 is 5.79. The van der Waals surface area contributed by atoms with Crippen molar-refractivity contribution in [1.82, 2.24) is 5.32 Å². The molecule has 0 aromatic heterocycles. The predicted molar refractivity (Wildman–Crippen MR) is 202 cm³/mol. The lowest BCUT2D eigenvalue weighted by Gasteiger charge is -2.17. The third kappa shape index (κ3) is 32.6. The van der Waals surface area contributed by atoms with Crippen molar-refractivity contribution >= 4 is 17.8 Å². The number of allylic oxidation sites excluding steroid dienone is 2. The van der Waals surface area contributed by atoms with Crippen LogP contribution < -0.4 is 11.1 Å². The number of nitrogens with one attached hydrogen (secondary N) is 1. The van der Waals surface area contributed by atoms with Gasteiger partial charge in [0.15, 0.2) is 0 Å². The molecule has 0 saturated carbocycles. The molecule has 0 aliphatic carbocycles. The summed E-state index contributed by atoms with van der Waals surface area (Å²) in [6.45, 7) is 4.79. The van der Waals surface area contributed by atoms with Gasteiger partial charge in [-0.05, 0) is 77.2 Å². The van der Waals surface area contributed by atoms with Crippen LogP contribution in [0.4, 0.5) is 0 Å². The number of amides is 1. The molecule has 0 bridgehead atoms. The number of carboxylic acid groups (broad SMARTS) is 1. The van der Waals surface area contributed by atoms with Crippen molar-refractivity contribution in [3.05, 3.63) is 12.2 Å². The fraction of sp³-hybridized carbons (Fsp3) is 0.878. The Morgan fingerprint density at radius 2 is 1.06 bits per heavy atom. The maximum Gasteiger partial charge on any atom is 0.326 e. The van der Waals surface area contributed by atoms with Gasteiger partial charge in [0.1, 0.15) is 12.1 Å². The van der Waals surface area contributed by atoms with Gasteiger partial charge in [0, 0.05) is 12.8 Å². The Hall–Kier alpha value is -1.89. The van der Waals surface area contributed by atoms with Gasteiger partial charge in [0.25, 0.3) is 0 Å². The summed E-state index contributed by atoms with van der Waals surface area (Å²) in [4.78, 5) is 35.8. The van der Waals surface area contributed by atoms with Gasteiger partial charge in [-0.3, -0.25) is 9.59 Å². The van der Waals surface area contributed by atoms with E-state index < -0.39 is 12.0 Å². The molecule has 48 heavy (non-hydrogen) atoms. The zero-order chi connectivity index (χ0) is 35.3. The van der Waals surface area contributed by atoms with E-state index >= 15 is 0 Å². The fourth-order valence-electron chi connectivity index (χ4n) is 6.26. The lowest BCUT2D eigenvalue weighted by Crippen LogP contribution is -2.40. The fourth-order valence-corrected chi connectivity index (χ4v) is 6.26. The molecule has 4 N–H and O–H groups in total. The standard InChI is InChI=1S/C41H78N2O5/c1-3-5-6-7-8-9-10-11-12-13-14-15-16-17-18-19-20-21-22-23-24-25-29-35-40(45)48-37(31-4-2)32-27-26-28-34-39(44)43-38(41(46)47)33-30-36-42/h13-14,37-38H,3-12,15-36,42H2,1-2H3,(H,43,44)(H,46,47)/b14-13-. The predicted octanol–water partition coefficient (Wildman–Crippen LogP) is 11.1. The normalized spacial score (nSPS) is 12.7. The molecule has 0 heterocycles. The van der Waals surface area contributed by atoms with E-state index in [1.54, 1.807) is 0 Å². The van der Waals surface area contributed by atoms with Gasteiger partial charge < -0.3 is 20.9 Å². The van der Waals surface area contributed by atoms with Crippen molar-refractivity contribution in [2.75, 3.05) is 6.54 Å². The minimum atomic E-state index is -1.02. The molecule has 2 unspecified atom stereocenters. The van der Waals surface area contributed by atoms with Crippen molar-refractivity contribution in [2.45, 2.75) is 225 Å². The van der Waals surface area contributed by atoms with Gasteiger partial charge >= 0.3 is 11.9 Å². The molecule has 0 aromatic carbocycles. The van der Waals surface area contributed by atoms with Crippen LogP contribution in [0.2, 0.25) is 0 Å². The average molecular weight is 679 g/mol. The molecule has 1 amide bonds. The summed E-state index contributed by atoms with van der Waals surface area (Å²) in [5.41, 5.74) is 5.45. The highest BCUT2D eigenvalue weighted by atomic mass is 16.5. The molecule has 7 heteroatoms. The van der Waals surface area contributed by atoms with E-state index in [-0.39, 0.29) is 18.0 Å².